The van der Waals surface area contributed by atoms with Gasteiger partial charge in [-0.3, -0.25) is 0 Å². The van der Waals surface area contributed by atoms with Crippen LogP contribution in [0.15, 0.2) is 18.2 Å². The van der Waals surface area contributed by atoms with E-state index in [2.05, 4.69) is 26.8 Å². The van der Waals surface area contributed by atoms with Crippen LogP contribution in [0.25, 0.3) is 0 Å². The molecule has 2 rings (SSSR count). The van der Waals surface area contributed by atoms with Crippen molar-refractivity contribution in [3.05, 3.63) is 42.1 Å². The van der Waals surface area contributed by atoms with Crippen molar-refractivity contribution >= 4 is 0 Å². The quantitative estimate of drug-likeness (QED) is 0.771. The molecule has 1 aliphatic rings. The highest BCUT2D eigenvalue weighted by Crippen LogP contribution is 2.40. The van der Waals surface area contributed by atoms with Crippen LogP contribution >= 0.6 is 0 Å². The topological polar surface area (TPSA) is 9.23 Å². The monoisotopic (exact) mass is 263 g/mol. The summed E-state index contributed by atoms with van der Waals surface area (Å²) in [5, 5.41) is 0. The van der Waals surface area contributed by atoms with E-state index in [-0.39, 0.29) is 11.4 Å². The van der Waals surface area contributed by atoms with Crippen LogP contribution in [0.5, 0.6) is 0 Å². The Morgan fingerprint density at radius 1 is 1.47 bits per heavy atom. The summed E-state index contributed by atoms with van der Waals surface area (Å²) in [5.74, 6) is 0.754. The Morgan fingerprint density at radius 3 is 2.79 bits per heavy atom. The first-order valence-electron chi connectivity index (χ1n) is 7.12. The maximum atomic E-state index is 13.8. The molecular weight excluding hydrogens is 239 g/mol. The number of hydrogen-bond donors (Lipinski definition) is 0. The van der Waals surface area contributed by atoms with Gasteiger partial charge in [0.15, 0.2) is 0 Å². The molecule has 0 N–H and O–H groups in total. The van der Waals surface area contributed by atoms with Gasteiger partial charge in [0.05, 0.1) is 5.60 Å². The fourth-order valence-electron chi connectivity index (χ4n) is 3.14. The standard InChI is InChI=1S/C17H24FO/c1-5-15(13-7-6-12(2)16(18)10-13)14-8-9-19-17(3,4)11-14/h6-7,10,14-15H,1,5,8-9,11H2,2-4H3/t14-,15+/m0/s1. The fourth-order valence-corrected chi connectivity index (χ4v) is 3.14. The summed E-state index contributed by atoms with van der Waals surface area (Å²) in [5.41, 5.74) is 1.72. The van der Waals surface area contributed by atoms with Crippen molar-refractivity contribution in [1.29, 1.82) is 0 Å². The Bertz CT molecular complexity index is 439. The van der Waals surface area contributed by atoms with Gasteiger partial charge >= 0.3 is 0 Å². The highest BCUT2D eigenvalue weighted by atomic mass is 19.1. The van der Waals surface area contributed by atoms with Crippen molar-refractivity contribution in [2.24, 2.45) is 5.92 Å². The van der Waals surface area contributed by atoms with Crippen LogP contribution in [-0.2, 0) is 4.74 Å². The minimum atomic E-state index is -0.109. The molecule has 0 saturated carbocycles. The molecule has 19 heavy (non-hydrogen) atoms. The van der Waals surface area contributed by atoms with Crippen LogP contribution in [0.2, 0.25) is 0 Å². The van der Waals surface area contributed by atoms with E-state index in [4.69, 9.17) is 4.74 Å². The zero-order valence-electron chi connectivity index (χ0n) is 12.2. The lowest BCUT2D eigenvalue weighted by molar-refractivity contribution is -0.0767. The summed E-state index contributed by atoms with van der Waals surface area (Å²) < 4.78 is 19.5. The van der Waals surface area contributed by atoms with E-state index in [0.29, 0.717) is 17.4 Å². The molecule has 1 aliphatic heterocycles. The maximum absolute atomic E-state index is 13.8. The molecule has 105 valence electrons. The molecule has 1 aromatic carbocycles. The first-order chi connectivity index (χ1) is 8.93. The second-order valence-corrected chi connectivity index (χ2v) is 6.26. The average molecular weight is 263 g/mol. The van der Waals surface area contributed by atoms with Crippen LogP contribution in [0.1, 0.15) is 50.2 Å². The lowest BCUT2D eigenvalue weighted by atomic mass is 9.75. The lowest BCUT2D eigenvalue weighted by Gasteiger charge is -2.39. The molecule has 1 heterocycles. The molecule has 2 atom stereocenters. The zero-order valence-corrected chi connectivity index (χ0v) is 12.2. The van der Waals surface area contributed by atoms with Crippen LogP contribution in [0, 0.1) is 25.6 Å². The highest BCUT2D eigenvalue weighted by Gasteiger charge is 2.33. The molecule has 0 unspecified atom stereocenters. The smallest absolute Gasteiger partial charge is 0.126 e. The van der Waals surface area contributed by atoms with Gasteiger partial charge in [0.2, 0.25) is 0 Å². The normalized spacial score (nSPS) is 24.2. The first-order valence-corrected chi connectivity index (χ1v) is 7.12. The van der Waals surface area contributed by atoms with Gasteiger partial charge in [0, 0.05) is 6.61 Å². The van der Waals surface area contributed by atoms with Crippen molar-refractivity contribution in [2.45, 2.75) is 51.6 Å². The number of aryl methyl sites for hydroxylation is 1. The van der Waals surface area contributed by atoms with E-state index in [1.807, 2.05) is 6.07 Å². The Hall–Kier alpha value is -0.890. The van der Waals surface area contributed by atoms with Crippen LogP contribution in [0.4, 0.5) is 4.39 Å². The van der Waals surface area contributed by atoms with Crippen molar-refractivity contribution < 1.29 is 9.13 Å². The van der Waals surface area contributed by atoms with E-state index < -0.39 is 0 Å². The number of halogens is 1. The summed E-state index contributed by atoms with van der Waals surface area (Å²) in [6, 6.07) is 5.61. The number of benzene rings is 1. The number of ether oxygens (including phenoxy) is 1. The molecule has 0 spiro atoms. The Labute approximate surface area is 116 Å². The third-order valence-corrected chi connectivity index (χ3v) is 4.24. The summed E-state index contributed by atoms with van der Waals surface area (Å²) in [6.07, 6.45) is 2.87. The maximum Gasteiger partial charge on any atom is 0.126 e. The lowest BCUT2D eigenvalue weighted by Crippen LogP contribution is -2.36. The molecule has 0 bridgehead atoms. The van der Waals surface area contributed by atoms with Crippen molar-refractivity contribution in [2.75, 3.05) is 6.61 Å². The molecule has 1 aromatic rings. The Balaban J connectivity index is 2.21. The summed E-state index contributed by atoms with van der Waals surface area (Å²) in [6.45, 7) is 10.9. The second-order valence-electron chi connectivity index (χ2n) is 6.26. The predicted molar refractivity (Wildman–Crippen MR) is 76.6 cm³/mol. The largest absolute Gasteiger partial charge is 0.376 e. The van der Waals surface area contributed by atoms with Gasteiger partial charge in [-0.15, -0.1) is 0 Å². The van der Waals surface area contributed by atoms with Crippen molar-refractivity contribution in [3.63, 3.8) is 0 Å². The minimum Gasteiger partial charge on any atom is -0.376 e. The van der Waals surface area contributed by atoms with Crippen molar-refractivity contribution in [1.82, 2.24) is 0 Å². The van der Waals surface area contributed by atoms with E-state index in [1.54, 1.807) is 13.0 Å². The average Bonchev–Trinajstić information content (AvgIpc) is 2.33. The molecule has 2 heteroatoms. The van der Waals surface area contributed by atoms with Gasteiger partial charge in [-0.1, -0.05) is 19.1 Å². The molecule has 0 aliphatic carbocycles. The third-order valence-electron chi connectivity index (χ3n) is 4.24. The molecule has 1 saturated heterocycles. The van der Waals surface area contributed by atoms with E-state index in [1.165, 1.54) is 0 Å². The molecule has 0 amide bonds. The third kappa shape index (κ3) is 3.36. The van der Waals surface area contributed by atoms with Gasteiger partial charge < -0.3 is 4.74 Å². The van der Waals surface area contributed by atoms with E-state index >= 15 is 0 Å². The fraction of sp³-hybridized carbons (Fsp3) is 0.588. The van der Waals surface area contributed by atoms with E-state index in [0.717, 1.165) is 31.4 Å². The van der Waals surface area contributed by atoms with Gasteiger partial charge in [-0.05, 0) is 69.1 Å². The molecular formula is C17H24FO. The van der Waals surface area contributed by atoms with Crippen LogP contribution in [0.3, 0.4) is 0 Å². The number of hydrogen-bond acceptors (Lipinski definition) is 1. The highest BCUT2D eigenvalue weighted by molar-refractivity contribution is 5.27. The first kappa shape index (κ1) is 14.5. The molecule has 0 aromatic heterocycles. The molecule has 1 radical (unpaired) electrons. The molecule has 1 fully saturated rings. The number of rotatable bonds is 3. The second kappa shape index (κ2) is 5.62. The minimum absolute atomic E-state index is 0.0699. The van der Waals surface area contributed by atoms with Crippen LogP contribution in [-0.4, -0.2) is 12.2 Å². The van der Waals surface area contributed by atoms with Gasteiger partial charge in [0.25, 0.3) is 0 Å². The Morgan fingerprint density at radius 2 is 2.21 bits per heavy atom. The van der Waals surface area contributed by atoms with Gasteiger partial charge in [-0.25, -0.2) is 4.39 Å². The van der Waals surface area contributed by atoms with Gasteiger partial charge in [0.1, 0.15) is 5.82 Å². The summed E-state index contributed by atoms with van der Waals surface area (Å²) in [7, 11) is 0. The Kier molecular flexibility index (Phi) is 4.29. The summed E-state index contributed by atoms with van der Waals surface area (Å²) in [4.78, 5) is 0. The zero-order chi connectivity index (χ0) is 14.0. The predicted octanol–water partition coefficient (Wildman–Crippen LogP) is 4.65. The van der Waals surface area contributed by atoms with E-state index in [9.17, 15) is 4.39 Å². The van der Waals surface area contributed by atoms with Crippen LogP contribution < -0.4 is 0 Å². The SMILES string of the molecule is [CH2]C[C@H](c1ccc(C)c(F)c1)[C@H]1CCOC(C)(C)C1. The van der Waals surface area contributed by atoms with Crippen molar-refractivity contribution in [3.8, 4) is 0 Å². The summed E-state index contributed by atoms with van der Waals surface area (Å²) >= 11 is 0. The van der Waals surface area contributed by atoms with Gasteiger partial charge in [-0.2, -0.15) is 0 Å². The molecule has 1 nitrogen and oxygen atoms in total.